The van der Waals surface area contributed by atoms with Crippen molar-refractivity contribution in [2.24, 2.45) is 5.92 Å². The summed E-state index contributed by atoms with van der Waals surface area (Å²) in [6, 6.07) is 20.9. The van der Waals surface area contributed by atoms with Gasteiger partial charge in [0, 0.05) is 51.6 Å². The first-order valence-electron chi connectivity index (χ1n) is 14.3. The number of nitrogens with one attached hydrogen (secondary N) is 1. The lowest BCUT2D eigenvalue weighted by molar-refractivity contribution is 0.00921. The second-order valence-corrected chi connectivity index (χ2v) is 12.1. The fourth-order valence-corrected chi connectivity index (χ4v) is 6.13. The molecule has 0 unspecified atom stereocenters. The molecular weight excluding hydrogens is 564 g/mol. The standard InChI is InChI=1S/C33H38N4O5S/c1-21-17-37(18-23-10-13-25(40-4)14-11-23)22(2)20-42-28-16-24(12-15-26(28)33(39)36(3)19-29(21)41-5)34-31(38)32-35-27-8-6-7-9-30(27)43-32/h6-16,21-22,29H,17-20H2,1-5H3,(H,34,38)/t21-,22+,29-/m0/s1. The molecule has 0 spiro atoms. The molecule has 43 heavy (non-hydrogen) atoms. The van der Waals surface area contributed by atoms with Crippen LogP contribution in [0, 0.1) is 5.92 Å². The van der Waals surface area contributed by atoms with Crippen LogP contribution < -0.4 is 14.8 Å². The fourth-order valence-electron chi connectivity index (χ4n) is 5.26. The number of methoxy groups -OCH3 is 2. The Balaban J connectivity index is 1.41. The van der Waals surface area contributed by atoms with Gasteiger partial charge in [-0.05, 0) is 54.8 Å². The second kappa shape index (κ2) is 13.5. The van der Waals surface area contributed by atoms with Gasteiger partial charge in [-0.1, -0.05) is 31.2 Å². The number of ether oxygens (including phenoxy) is 3. The third-order valence-electron chi connectivity index (χ3n) is 7.87. The molecule has 0 bridgehead atoms. The van der Waals surface area contributed by atoms with Crippen LogP contribution in [-0.4, -0.2) is 79.7 Å². The van der Waals surface area contributed by atoms with Gasteiger partial charge in [0.1, 0.15) is 18.1 Å². The highest BCUT2D eigenvalue weighted by atomic mass is 32.1. The smallest absolute Gasteiger partial charge is 0.284 e. The van der Waals surface area contributed by atoms with Crippen molar-refractivity contribution < 1.29 is 23.8 Å². The van der Waals surface area contributed by atoms with E-state index in [0.717, 1.165) is 34.6 Å². The van der Waals surface area contributed by atoms with E-state index < -0.39 is 0 Å². The zero-order valence-corrected chi connectivity index (χ0v) is 26.0. The van der Waals surface area contributed by atoms with Crippen LogP contribution in [0.3, 0.4) is 0 Å². The van der Waals surface area contributed by atoms with E-state index >= 15 is 0 Å². The van der Waals surface area contributed by atoms with Gasteiger partial charge in [-0.15, -0.1) is 11.3 Å². The molecule has 9 nitrogen and oxygen atoms in total. The lowest BCUT2D eigenvalue weighted by Gasteiger charge is -2.36. The highest BCUT2D eigenvalue weighted by molar-refractivity contribution is 7.20. The van der Waals surface area contributed by atoms with Crippen LogP contribution in [0.1, 0.15) is 39.6 Å². The summed E-state index contributed by atoms with van der Waals surface area (Å²) in [5.74, 6) is 0.903. The normalized spacial score (nSPS) is 20.1. The van der Waals surface area contributed by atoms with E-state index in [2.05, 4.69) is 41.2 Å². The van der Waals surface area contributed by atoms with Crippen molar-refractivity contribution in [3.63, 3.8) is 0 Å². The predicted molar refractivity (Wildman–Crippen MR) is 169 cm³/mol. The minimum atomic E-state index is -0.311. The Labute approximate surface area is 256 Å². The van der Waals surface area contributed by atoms with Crippen molar-refractivity contribution in [1.82, 2.24) is 14.8 Å². The van der Waals surface area contributed by atoms with Crippen LogP contribution in [0.4, 0.5) is 5.69 Å². The van der Waals surface area contributed by atoms with Crippen LogP contribution in [0.15, 0.2) is 66.7 Å². The number of aromatic nitrogens is 1. The summed E-state index contributed by atoms with van der Waals surface area (Å²) in [4.78, 5) is 35.2. The quantitative estimate of drug-likeness (QED) is 0.309. The Morgan fingerprint density at radius 1 is 1.07 bits per heavy atom. The first-order chi connectivity index (χ1) is 20.7. The molecule has 2 amide bonds. The molecule has 0 fully saturated rings. The molecular formula is C33H38N4O5S. The van der Waals surface area contributed by atoms with Crippen molar-refractivity contribution in [2.75, 3.05) is 46.3 Å². The van der Waals surface area contributed by atoms with Crippen molar-refractivity contribution in [3.05, 3.63) is 82.9 Å². The van der Waals surface area contributed by atoms with Crippen LogP contribution in [0.2, 0.25) is 0 Å². The van der Waals surface area contributed by atoms with Crippen molar-refractivity contribution in [1.29, 1.82) is 0 Å². The number of likely N-dealkylation sites (N-methyl/N-ethyl adjacent to an activating group) is 1. The Morgan fingerprint density at radius 2 is 1.84 bits per heavy atom. The van der Waals surface area contributed by atoms with Crippen LogP contribution in [-0.2, 0) is 11.3 Å². The zero-order valence-electron chi connectivity index (χ0n) is 25.2. The summed E-state index contributed by atoms with van der Waals surface area (Å²) in [5.41, 5.74) is 2.89. The number of amides is 2. The van der Waals surface area contributed by atoms with Crippen molar-refractivity contribution in [3.8, 4) is 11.5 Å². The molecule has 10 heteroatoms. The van der Waals surface area contributed by atoms with Gasteiger partial charge < -0.3 is 24.4 Å². The molecule has 1 aliphatic heterocycles. The van der Waals surface area contributed by atoms with E-state index in [1.165, 1.54) is 11.3 Å². The zero-order chi connectivity index (χ0) is 30.5. The summed E-state index contributed by atoms with van der Waals surface area (Å²) >= 11 is 1.34. The number of carbonyl (C=O) groups is 2. The van der Waals surface area contributed by atoms with Gasteiger partial charge in [-0.25, -0.2) is 4.98 Å². The van der Waals surface area contributed by atoms with Gasteiger partial charge in [0.15, 0.2) is 5.01 Å². The van der Waals surface area contributed by atoms with Crippen LogP contribution in [0.5, 0.6) is 11.5 Å². The summed E-state index contributed by atoms with van der Waals surface area (Å²) in [6.45, 7) is 6.52. The van der Waals surface area contributed by atoms with Gasteiger partial charge in [0.2, 0.25) is 0 Å². The molecule has 0 saturated carbocycles. The molecule has 0 radical (unpaired) electrons. The lowest BCUT2D eigenvalue weighted by Crippen LogP contribution is -2.46. The number of thiazole rings is 1. The number of fused-ring (bicyclic) bond motifs is 2. The molecule has 3 aromatic carbocycles. The largest absolute Gasteiger partial charge is 0.497 e. The number of benzene rings is 3. The van der Waals surface area contributed by atoms with Crippen LogP contribution >= 0.6 is 11.3 Å². The first-order valence-corrected chi connectivity index (χ1v) is 15.2. The average molecular weight is 603 g/mol. The van der Waals surface area contributed by atoms with Gasteiger partial charge in [-0.2, -0.15) is 0 Å². The minimum absolute atomic E-state index is 0.0168. The summed E-state index contributed by atoms with van der Waals surface area (Å²) in [6.07, 6.45) is -0.157. The van der Waals surface area contributed by atoms with E-state index in [4.69, 9.17) is 14.2 Å². The number of nitrogens with zero attached hydrogens (tertiary/aromatic N) is 3. The SMILES string of the molecule is COc1ccc(CN2C[C@H](C)[C@@H](OC)CN(C)C(=O)c3ccc(NC(=O)c4nc5ccccc5s4)cc3OC[C@H]2C)cc1. The number of anilines is 1. The Bertz CT molecular complexity index is 1540. The third-order valence-corrected chi connectivity index (χ3v) is 8.90. The Hall–Kier alpha value is -3.99. The molecule has 4 aromatic rings. The van der Waals surface area contributed by atoms with Gasteiger partial charge >= 0.3 is 0 Å². The Kier molecular flexibility index (Phi) is 9.59. The van der Waals surface area contributed by atoms with Crippen LogP contribution in [0.25, 0.3) is 10.2 Å². The third kappa shape index (κ3) is 7.15. The van der Waals surface area contributed by atoms with E-state index in [-0.39, 0.29) is 29.9 Å². The number of rotatable bonds is 6. The van der Waals surface area contributed by atoms with E-state index in [9.17, 15) is 9.59 Å². The van der Waals surface area contributed by atoms with Crippen molar-refractivity contribution in [2.45, 2.75) is 32.5 Å². The monoisotopic (exact) mass is 602 g/mol. The first kappa shape index (κ1) is 30.5. The minimum Gasteiger partial charge on any atom is -0.497 e. The van der Waals surface area contributed by atoms with Gasteiger partial charge in [-0.3, -0.25) is 14.5 Å². The number of para-hydroxylation sites is 1. The molecule has 1 N–H and O–H groups in total. The summed E-state index contributed by atoms with van der Waals surface area (Å²) in [5, 5.41) is 3.30. The predicted octanol–water partition coefficient (Wildman–Crippen LogP) is 5.56. The molecule has 1 aromatic heterocycles. The molecule has 1 aliphatic rings. The topological polar surface area (TPSA) is 93.2 Å². The second-order valence-electron chi connectivity index (χ2n) is 11.0. The molecule has 226 valence electrons. The number of carbonyl (C=O) groups excluding carboxylic acids is 2. The molecule has 0 aliphatic carbocycles. The average Bonchev–Trinajstić information content (AvgIpc) is 3.46. The van der Waals surface area contributed by atoms with E-state index in [1.807, 2.05) is 36.4 Å². The lowest BCUT2D eigenvalue weighted by atomic mass is 10.0. The number of hydrogen-bond donors (Lipinski definition) is 1. The maximum Gasteiger partial charge on any atom is 0.284 e. The molecule has 3 atom stereocenters. The highest BCUT2D eigenvalue weighted by Crippen LogP contribution is 2.28. The fraction of sp³-hybridized carbons (Fsp3) is 0.364. The van der Waals surface area contributed by atoms with Crippen molar-refractivity contribution >= 4 is 39.1 Å². The molecule has 2 heterocycles. The maximum absolute atomic E-state index is 13.6. The Morgan fingerprint density at radius 3 is 2.56 bits per heavy atom. The van der Waals surface area contributed by atoms with Gasteiger partial charge in [0.05, 0.1) is 29.0 Å². The molecule has 0 saturated heterocycles. The van der Waals surface area contributed by atoms with E-state index in [1.54, 1.807) is 44.4 Å². The summed E-state index contributed by atoms with van der Waals surface area (Å²) in [7, 11) is 5.13. The number of hydrogen-bond acceptors (Lipinski definition) is 8. The highest BCUT2D eigenvalue weighted by Gasteiger charge is 2.28. The summed E-state index contributed by atoms with van der Waals surface area (Å²) < 4.78 is 18.5. The van der Waals surface area contributed by atoms with E-state index in [0.29, 0.717) is 35.2 Å². The van der Waals surface area contributed by atoms with Gasteiger partial charge in [0.25, 0.3) is 11.8 Å². The maximum atomic E-state index is 13.6. The molecule has 5 rings (SSSR count).